The van der Waals surface area contributed by atoms with Gasteiger partial charge in [-0.15, -0.1) is 0 Å². The molecule has 0 N–H and O–H groups in total. The second-order valence-corrected chi connectivity index (χ2v) is 7.28. The zero-order valence-electron chi connectivity index (χ0n) is 12.2. The molecule has 0 spiro atoms. The van der Waals surface area contributed by atoms with Gasteiger partial charge >= 0.3 is 0 Å². The van der Waals surface area contributed by atoms with Crippen molar-refractivity contribution < 1.29 is 4.79 Å². The summed E-state index contributed by atoms with van der Waals surface area (Å²) < 4.78 is 0.893. The average Bonchev–Trinajstić information content (AvgIpc) is 3.02. The molecular formula is C17H14BrClN2OS. The second kappa shape index (κ2) is 7.51. The van der Waals surface area contributed by atoms with Gasteiger partial charge in [-0.05, 0) is 29.8 Å². The predicted octanol–water partition coefficient (Wildman–Crippen LogP) is 4.85. The van der Waals surface area contributed by atoms with Gasteiger partial charge in [-0.2, -0.15) is 0 Å². The number of thioether (sulfide) groups is 1. The van der Waals surface area contributed by atoms with Crippen LogP contribution in [-0.2, 0) is 5.75 Å². The van der Waals surface area contributed by atoms with Crippen LogP contribution in [0.4, 0.5) is 0 Å². The number of amides is 1. The van der Waals surface area contributed by atoms with E-state index < -0.39 is 0 Å². The van der Waals surface area contributed by atoms with E-state index in [1.807, 2.05) is 48.5 Å². The highest BCUT2D eigenvalue weighted by atomic mass is 79.9. The van der Waals surface area contributed by atoms with Crippen molar-refractivity contribution in [3.63, 3.8) is 0 Å². The van der Waals surface area contributed by atoms with Crippen molar-refractivity contribution in [1.82, 2.24) is 4.90 Å². The molecule has 0 unspecified atom stereocenters. The summed E-state index contributed by atoms with van der Waals surface area (Å²) in [5.74, 6) is 0.676. The minimum absolute atomic E-state index is 0.0193. The second-order valence-electron chi connectivity index (χ2n) is 5.01. The molecule has 0 saturated heterocycles. The van der Waals surface area contributed by atoms with Gasteiger partial charge in [0.25, 0.3) is 5.91 Å². The number of aliphatic imine (C=N–C) groups is 1. The van der Waals surface area contributed by atoms with E-state index in [9.17, 15) is 4.79 Å². The Balaban J connectivity index is 1.70. The highest BCUT2D eigenvalue weighted by Gasteiger charge is 2.25. The topological polar surface area (TPSA) is 32.7 Å². The largest absolute Gasteiger partial charge is 0.286 e. The summed E-state index contributed by atoms with van der Waals surface area (Å²) in [4.78, 5) is 18.9. The maximum atomic E-state index is 12.7. The molecule has 6 heteroatoms. The van der Waals surface area contributed by atoms with Gasteiger partial charge in [0.2, 0.25) is 0 Å². The molecule has 2 aromatic rings. The quantitative estimate of drug-likeness (QED) is 0.726. The molecule has 23 heavy (non-hydrogen) atoms. The molecule has 1 heterocycles. The van der Waals surface area contributed by atoms with Crippen LogP contribution in [0.1, 0.15) is 15.9 Å². The lowest BCUT2D eigenvalue weighted by Gasteiger charge is -2.18. The molecular weight excluding hydrogens is 396 g/mol. The lowest BCUT2D eigenvalue weighted by Crippen LogP contribution is -2.32. The van der Waals surface area contributed by atoms with Gasteiger partial charge < -0.3 is 0 Å². The van der Waals surface area contributed by atoms with Crippen LogP contribution < -0.4 is 0 Å². The molecule has 0 radical (unpaired) electrons. The third-order valence-corrected chi connectivity index (χ3v) is 5.36. The summed E-state index contributed by atoms with van der Waals surface area (Å²) in [5, 5.41) is 1.50. The predicted molar refractivity (Wildman–Crippen MR) is 100 cm³/mol. The maximum Gasteiger partial charge on any atom is 0.259 e. The van der Waals surface area contributed by atoms with Gasteiger partial charge in [-0.25, -0.2) is 0 Å². The normalized spacial score (nSPS) is 14.0. The van der Waals surface area contributed by atoms with E-state index in [-0.39, 0.29) is 5.91 Å². The molecule has 1 aliphatic rings. The third kappa shape index (κ3) is 3.97. The van der Waals surface area contributed by atoms with Crippen LogP contribution in [0.2, 0.25) is 5.02 Å². The number of nitrogens with zero attached hydrogens (tertiary/aromatic N) is 2. The Morgan fingerprint density at radius 2 is 2.09 bits per heavy atom. The van der Waals surface area contributed by atoms with Crippen molar-refractivity contribution in [3.05, 3.63) is 69.2 Å². The minimum atomic E-state index is -0.0193. The van der Waals surface area contributed by atoms with E-state index in [2.05, 4.69) is 20.9 Å². The van der Waals surface area contributed by atoms with E-state index in [0.29, 0.717) is 24.4 Å². The van der Waals surface area contributed by atoms with Crippen molar-refractivity contribution in [3.8, 4) is 0 Å². The lowest BCUT2D eigenvalue weighted by atomic mass is 10.2. The number of halogens is 2. The molecule has 0 bridgehead atoms. The monoisotopic (exact) mass is 408 g/mol. The first kappa shape index (κ1) is 16.6. The fourth-order valence-electron chi connectivity index (χ4n) is 2.27. The summed E-state index contributed by atoms with van der Waals surface area (Å²) in [6, 6.07) is 15.2. The van der Waals surface area contributed by atoms with Gasteiger partial charge in [-0.3, -0.25) is 14.7 Å². The first-order valence-electron chi connectivity index (χ1n) is 7.13. The summed E-state index contributed by atoms with van der Waals surface area (Å²) in [6.07, 6.45) is 0. The van der Waals surface area contributed by atoms with Gasteiger partial charge in [0.15, 0.2) is 5.17 Å². The standard InChI is InChI=1S/C17H14BrClN2OS/c18-14-6-3-5-12(10-14)16(22)21-9-8-20-17(21)23-11-13-4-1-2-7-15(13)19/h1-7,10H,8-9,11H2. The van der Waals surface area contributed by atoms with Gasteiger partial charge in [-0.1, -0.05) is 63.6 Å². The SMILES string of the molecule is O=C(c1cccc(Br)c1)N1CCN=C1SCc1ccccc1Cl. The molecule has 0 atom stereocenters. The van der Waals surface area contributed by atoms with Gasteiger partial charge in [0, 0.05) is 27.4 Å². The zero-order chi connectivity index (χ0) is 16.2. The van der Waals surface area contributed by atoms with E-state index in [0.717, 1.165) is 20.2 Å². The highest BCUT2D eigenvalue weighted by molar-refractivity contribution is 9.10. The number of hydrogen-bond donors (Lipinski definition) is 0. The Hall–Kier alpha value is -1.30. The van der Waals surface area contributed by atoms with Crippen LogP contribution >= 0.6 is 39.3 Å². The molecule has 0 fully saturated rings. The Morgan fingerprint density at radius 3 is 2.87 bits per heavy atom. The third-order valence-electron chi connectivity index (χ3n) is 3.43. The fraction of sp³-hybridized carbons (Fsp3) is 0.176. The summed E-state index contributed by atoms with van der Waals surface area (Å²) in [6.45, 7) is 1.26. The van der Waals surface area contributed by atoms with Crippen LogP contribution in [0, 0.1) is 0 Å². The first-order chi connectivity index (χ1) is 11.1. The number of benzene rings is 2. The Bertz CT molecular complexity index is 766. The number of rotatable bonds is 3. The molecule has 0 saturated carbocycles. The number of amidine groups is 1. The zero-order valence-corrected chi connectivity index (χ0v) is 15.4. The number of carbonyl (C=O) groups is 1. The average molecular weight is 410 g/mol. The first-order valence-corrected chi connectivity index (χ1v) is 9.29. The van der Waals surface area contributed by atoms with E-state index in [1.165, 1.54) is 0 Å². The molecule has 1 aliphatic heterocycles. The van der Waals surface area contributed by atoms with Crippen molar-refractivity contribution in [2.75, 3.05) is 13.1 Å². The van der Waals surface area contributed by atoms with Crippen molar-refractivity contribution >= 4 is 50.4 Å². The molecule has 3 nitrogen and oxygen atoms in total. The molecule has 3 rings (SSSR count). The Kier molecular flexibility index (Phi) is 5.41. The molecule has 1 amide bonds. The fourth-order valence-corrected chi connectivity index (χ4v) is 4.00. The van der Waals surface area contributed by atoms with Crippen molar-refractivity contribution in [2.24, 2.45) is 4.99 Å². The smallest absolute Gasteiger partial charge is 0.259 e. The number of carbonyl (C=O) groups excluding carboxylic acids is 1. The molecule has 0 aliphatic carbocycles. The summed E-state index contributed by atoms with van der Waals surface area (Å²) in [5.41, 5.74) is 1.70. The Morgan fingerprint density at radius 1 is 1.26 bits per heavy atom. The summed E-state index contributed by atoms with van der Waals surface area (Å²) >= 11 is 11.1. The van der Waals surface area contributed by atoms with Crippen LogP contribution in [0.25, 0.3) is 0 Å². The van der Waals surface area contributed by atoms with Crippen LogP contribution in [0.3, 0.4) is 0 Å². The van der Waals surface area contributed by atoms with Gasteiger partial charge in [0.05, 0.1) is 6.54 Å². The molecule has 0 aromatic heterocycles. The summed E-state index contributed by atoms with van der Waals surface area (Å²) in [7, 11) is 0. The Labute approximate surface area is 152 Å². The van der Waals surface area contributed by atoms with Crippen molar-refractivity contribution in [2.45, 2.75) is 5.75 Å². The van der Waals surface area contributed by atoms with Crippen LogP contribution in [-0.4, -0.2) is 29.1 Å². The number of hydrogen-bond acceptors (Lipinski definition) is 3. The van der Waals surface area contributed by atoms with Crippen LogP contribution in [0.15, 0.2) is 58.0 Å². The maximum absolute atomic E-state index is 12.7. The van der Waals surface area contributed by atoms with E-state index in [4.69, 9.17) is 11.6 Å². The van der Waals surface area contributed by atoms with E-state index >= 15 is 0 Å². The van der Waals surface area contributed by atoms with E-state index in [1.54, 1.807) is 16.7 Å². The van der Waals surface area contributed by atoms with Crippen LogP contribution in [0.5, 0.6) is 0 Å². The van der Waals surface area contributed by atoms with Gasteiger partial charge in [0.1, 0.15) is 0 Å². The van der Waals surface area contributed by atoms with Crippen molar-refractivity contribution in [1.29, 1.82) is 0 Å². The molecule has 2 aromatic carbocycles. The minimum Gasteiger partial charge on any atom is -0.286 e. The lowest BCUT2D eigenvalue weighted by molar-refractivity contribution is 0.0860. The molecule has 118 valence electrons. The highest BCUT2D eigenvalue weighted by Crippen LogP contribution is 2.25.